The molecule has 0 fully saturated rings. The van der Waals surface area contributed by atoms with Crippen LogP contribution in [0.1, 0.15) is 25.4 Å². The molecule has 0 aliphatic heterocycles. The van der Waals surface area contributed by atoms with Crippen molar-refractivity contribution in [3.63, 3.8) is 0 Å². The summed E-state index contributed by atoms with van der Waals surface area (Å²) in [7, 11) is 3.52. The third kappa shape index (κ3) is 2.57. The van der Waals surface area contributed by atoms with Crippen LogP contribution >= 0.6 is 22.6 Å². The lowest BCUT2D eigenvalue weighted by Crippen LogP contribution is -2.24. The number of anilines is 1. The molecule has 84 valence electrons. The Morgan fingerprint density at radius 3 is 2.40 bits per heavy atom. The number of hydrogen-bond acceptors (Lipinski definition) is 4. The fraction of sp³-hybridized carbons (Fsp3) is 0.600. The van der Waals surface area contributed by atoms with Gasteiger partial charge in [-0.25, -0.2) is 9.97 Å². The van der Waals surface area contributed by atoms with Gasteiger partial charge < -0.3 is 10.1 Å². The lowest BCUT2D eigenvalue weighted by atomic mass is 10.1. The molecular formula is C10H16IN3O. The summed E-state index contributed by atoms with van der Waals surface area (Å²) < 4.78 is 6.41. The molecule has 0 radical (unpaired) electrons. The quantitative estimate of drug-likeness (QED) is 0.868. The number of nitrogens with zero attached hydrogens (tertiary/aromatic N) is 2. The monoisotopic (exact) mass is 321 g/mol. The second kappa shape index (κ2) is 4.61. The maximum atomic E-state index is 5.36. The molecule has 1 aromatic heterocycles. The molecule has 0 aliphatic rings. The van der Waals surface area contributed by atoms with Crippen molar-refractivity contribution in [1.29, 1.82) is 0 Å². The number of aryl methyl sites for hydroxylation is 1. The number of ether oxygens (including phenoxy) is 1. The molecule has 0 aromatic carbocycles. The molecule has 1 aromatic rings. The van der Waals surface area contributed by atoms with Crippen LogP contribution in [0.5, 0.6) is 0 Å². The van der Waals surface area contributed by atoms with Crippen LogP contribution in [0.25, 0.3) is 0 Å². The van der Waals surface area contributed by atoms with E-state index in [1.807, 2.05) is 27.8 Å². The summed E-state index contributed by atoms with van der Waals surface area (Å²) in [6.07, 6.45) is 0. The van der Waals surface area contributed by atoms with Gasteiger partial charge in [-0.1, -0.05) is 0 Å². The minimum absolute atomic E-state index is 0.458. The Bertz CT molecular complexity index is 366. The molecule has 0 unspecified atom stereocenters. The van der Waals surface area contributed by atoms with E-state index in [0.29, 0.717) is 5.82 Å². The summed E-state index contributed by atoms with van der Waals surface area (Å²) in [6, 6.07) is 0. The fourth-order valence-electron chi connectivity index (χ4n) is 1.09. The van der Waals surface area contributed by atoms with Crippen LogP contribution in [0, 0.1) is 10.5 Å². The van der Waals surface area contributed by atoms with Gasteiger partial charge in [-0.15, -0.1) is 0 Å². The first-order valence-electron chi connectivity index (χ1n) is 4.70. The third-order valence-corrected chi connectivity index (χ3v) is 3.59. The highest BCUT2D eigenvalue weighted by Gasteiger charge is 2.24. The van der Waals surface area contributed by atoms with Gasteiger partial charge in [0, 0.05) is 14.2 Å². The molecule has 1 rings (SSSR count). The van der Waals surface area contributed by atoms with Crippen molar-refractivity contribution in [2.75, 3.05) is 19.5 Å². The zero-order chi connectivity index (χ0) is 11.6. The van der Waals surface area contributed by atoms with E-state index in [2.05, 4.69) is 37.9 Å². The van der Waals surface area contributed by atoms with Crippen LogP contribution in [-0.4, -0.2) is 24.1 Å². The summed E-state index contributed by atoms with van der Waals surface area (Å²) in [4.78, 5) is 8.88. The van der Waals surface area contributed by atoms with Gasteiger partial charge in [0.25, 0.3) is 0 Å². The average Bonchev–Trinajstić information content (AvgIpc) is 2.21. The van der Waals surface area contributed by atoms with Crippen molar-refractivity contribution < 1.29 is 4.74 Å². The predicted molar refractivity (Wildman–Crippen MR) is 69.1 cm³/mol. The highest BCUT2D eigenvalue weighted by Crippen LogP contribution is 2.25. The normalized spacial score (nSPS) is 11.6. The van der Waals surface area contributed by atoms with Crippen molar-refractivity contribution in [3.8, 4) is 0 Å². The van der Waals surface area contributed by atoms with Gasteiger partial charge in [0.1, 0.15) is 11.4 Å². The fourth-order valence-corrected chi connectivity index (χ4v) is 1.60. The first kappa shape index (κ1) is 12.6. The van der Waals surface area contributed by atoms with Gasteiger partial charge >= 0.3 is 0 Å². The number of hydrogen-bond donors (Lipinski definition) is 1. The lowest BCUT2D eigenvalue weighted by molar-refractivity contribution is 0.0114. The van der Waals surface area contributed by atoms with Crippen molar-refractivity contribution >= 4 is 28.4 Å². The Morgan fingerprint density at radius 2 is 1.93 bits per heavy atom. The first-order valence-corrected chi connectivity index (χ1v) is 5.77. The summed E-state index contributed by atoms with van der Waals surface area (Å²) >= 11 is 2.23. The van der Waals surface area contributed by atoms with Gasteiger partial charge in [-0.05, 0) is 43.4 Å². The Labute approximate surface area is 104 Å². The largest absolute Gasteiger partial charge is 0.372 e. The first-order chi connectivity index (χ1) is 6.92. The van der Waals surface area contributed by atoms with Gasteiger partial charge in [-0.2, -0.15) is 0 Å². The Hall–Kier alpha value is -0.430. The van der Waals surface area contributed by atoms with Crippen LogP contribution in [0.2, 0.25) is 0 Å². The molecule has 0 saturated carbocycles. The van der Waals surface area contributed by atoms with E-state index in [-0.39, 0.29) is 0 Å². The number of halogens is 1. The van der Waals surface area contributed by atoms with Crippen molar-refractivity contribution in [3.05, 3.63) is 15.1 Å². The third-order valence-electron chi connectivity index (χ3n) is 2.30. The highest BCUT2D eigenvalue weighted by molar-refractivity contribution is 14.1. The summed E-state index contributed by atoms with van der Waals surface area (Å²) in [5.74, 6) is 1.55. The summed E-state index contributed by atoms with van der Waals surface area (Å²) in [5.41, 5.74) is 0.510. The molecule has 0 amide bonds. The van der Waals surface area contributed by atoms with Crippen LogP contribution in [-0.2, 0) is 10.3 Å². The van der Waals surface area contributed by atoms with E-state index < -0.39 is 5.60 Å². The average molecular weight is 321 g/mol. The molecule has 0 atom stereocenters. The van der Waals surface area contributed by atoms with E-state index in [0.717, 1.165) is 15.1 Å². The minimum atomic E-state index is -0.458. The SMILES string of the molecule is CNc1nc(C(C)(C)OC)nc(C)c1I. The van der Waals surface area contributed by atoms with E-state index in [1.54, 1.807) is 7.11 Å². The Morgan fingerprint density at radius 1 is 1.33 bits per heavy atom. The number of aromatic nitrogens is 2. The van der Waals surface area contributed by atoms with Gasteiger partial charge in [-0.3, -0.25) is 0 Å². The number of nitrogens with one attached hydrogen (secondary N) is 1. The standard InChI is InChI=1S/C10H16IN3O/c1-6-7(11)8(12-4)14-9(13-6)10(2,3)15-5/h1-5H3,(H,12,13,14). The molecule has 4 nitrogen and oxygen atoms in total. The van der Waals surface area contributed by atoms with Crippen LogP contribution < -0.4 is 5.32 Å². The van der Waals surface area contributed by atoms with E-state index in [1.165, 1.54) is 0 Å². The topological polar surface area (TPSA) is 47.0 Å². The van der Waals surface area contributed by atoms with E-state index >= 15 is 0 Å². The number of rotatable bonds is 3. The van der Waals surface area contributed by atoms with Gasteiger partial charge in [0.15, 0.2) is 5.82 Å². The van der Waals surface area contributed by atoms with E-state index in [9.17, 15) is 0 Å². The lowest BCUT2D eigenvalue weighted by Gasteiger charge is -2.22. The number of methoxy groups -OCH3 is 1. The zero-order valence-corrected chi connectivity index (χ0v) is 11.8. The molecule has 1 heterocycles. The second-order valence-electron chi connectivity index (χ2n) is 3.76. The molecular weight excluding hydrogens is 305 g/mol. The predicted octanol–water partition coefficient (Wildman–Crippen LogP) is 2.31. The highest BCUT2D eigenvalue weighted by atomic mass is 127. The van der Waals surface area contributed by atoms with Crippen molar-refractivity contribution in [1.82, 2.24) is 9.97 Å². The maximum Gasteiger partial charge on any atom is 0.162 e. The molecule has 0 bridgehead atoms. The zero-order valence-electron chi connectivity index (χ0n) is 9.68. The maximum absolute atomic E-state index is 5.36. The van der Waals surface area contributed by atoms with Crippen LogP contribution in [0.15, 0.2) is 0 Å². The molecule has 5 heteroatoms. The summed E-state index contributed by atoms with van der Waals surface area (Å²) in [5, 5.41) is 3.06. The van der Waals surface area contributed by atoms with Gasteiger partial charge in [0.05, 0.1) is 9.26 Å². The molecule has 15 heavy (non-hydrogen) atoms. The molecule has 0 spiro atoms. The minimum Gasteiger partial charge on any atom is -0.372 e. The van der Waals surface area contributed by atoms with Crippen molar-refractivity contribution in [2.24, 2.45) is 0 Å². The second-order valence-corrected chi connectivity index (χ2v) is 4.84. The van der Waals surface area contributed by atoms with Crippen LogP contribution in [0.4, 0.5) is 5.82 Å². The Balaban J connectivity index is 3.28. The van der Waals surface area contributed by atoms with E-state index in [4.69, 9.17) is 4.74 Å². The van der Waals surface area contributed by atoms with Crippen molar-refractivity contribution in [2.45, 2.75) is 26.4 Å². The Kier molecular flexibility index (Phi) is 3.88. The molecule has 1 N–H and O–H groups in total. The molecule has 0 aliphatic carbocycles. The summed E-state index contributed by atoms with van der Waals surface area (Å²) in [6.45, 7) is 5.88. The van der Waals surface area contributed by atoms with Crippen LogP contribution in [0.3, 0.4) is 0 Å². The van der Waals surface area contributed by atoms with Gasteiger partial charge in [0.2, 0.25) is 0 Å². The molecule has 0 saturated heterocycles. The smallest absolute Gasteiger partial charge is 0.162 e.